The van der Waals surface area contributed by atoms with Crippen molar-refractivity contribution in [3.63, 3.8) is 0 Å². The smallest absolute Gasteiger partial charge is 0.341 e. The van der Waals surface area contributed by atoms with E-state index in [1.807, 2.05) is 30.1 Å². The Hall–Kier alpha value is -3.64. The van der Waals surface area contributed by atoms with Gasteiger partial charge < -0.3 is 14.9 Å². The number of anilines is 1. The molecule has 174 valence electrons. The normalized spacial score (nSPS) is 14.5. The van der Waals surface area contributed by atoms with E-state index in [1.54, 1.807) is 15.1 Å². The third-order valence-electron chi connectivity index (χ3n) is 5.91. The predicted molar refractivity (Wildman–Crippen MR) is 118 cm³/mol. The van der Waals surface area contributed by atoms with Gasteiger partial charge in [0.1, 0.15) is 12.1 Å². The van der Waals surface area contributed by atoms with Gasteiger partial charge in [-0.15, -0.1) is 5.10 Å². The number of amides is 2. The van der Waals surface area contributed by atoms with E-state index in [1.165, 1.54) is 12.4 Å². The molecule has 0 bridgehead atoms. The van der Waals surface area contributed by atoms with E-state index in [4.69, 9.17) is 5.11 Å². The molecule has 3 aromatic rings. The molecule has 12 nitrogen and oxygen atoms in total. The van der Waals surface area contributed by atoms with Gasteiger partial charge in [-0.25, -0.2) is 24.9 Å². The number of ketones is 1. The number of hydrogen-bond acceptors (Lipinski definition) is 9. The number of aryl methyl sites for hydroxylation is 1. The molecule has 0 atom stereocenters. The van der Waals surface area contributed by atoms with E-state index >= 15 is 0 Å². The Morgan fingerprint density at radius 2 is 1.94 bits per heavy atom. The maximum atomic E-state index is 12.3. The molecule has 1 aliphatic heterocycles. The number of carbonyl (C=O) groups excluding carboxylic acids is 2. The number of rotatable bonds is 7. The monoisotopic (exact) mass is 454 g/mol. The number of carbonyl (C=O) groups is 2. The molecule has 0 saturated carbocycles. The van der Waals surface area contributed by atoms with E-state index in [0.29, 0.717) is 32.1 Å². The van der Waals surface area contributed by atoms with Crippen LogP contribution >= 0.6 is 0 Å². The second-order valence-electron chi connectivity index (χ2n) is 8.12. The van der Waals surface area contributed by atoms with Gasteiger partial charge in [0.25, 0.3) is 0 Å². The van der Waals surface area contributed by atoms with Gasteiger partial charge in [-0.1, -0.05) is 11.3 Å². The Labute approximate surface area is 189 Å². The first-order valence-electron chi connectivity index (χ1n) is 10.7. The minimum absolute atomic E-state index is 0.244. The quantitative estimate of drug-likeness (QED) is 0.267. The van der Waals surface area contributed by atoms with Crippen LogP contribution in [0.1, 0.15) is 28.8 Å². The highest BCUT2D eigenvalue weighted by Gasteiger charge is 2.25. The van der Waals surface area contributed by atoms with Crippen LogP contribution in [-0.4, -0.2) is 78.2 Å². The number of nitrogens with one attached hydrogen (secondary N) is 1. The van der Waals surface area contributed by atoms with E-state index in [9.17, 15) is 14.8 Å². The summed E-state index contributed by atoms with van der Waals surface area (Å²) in [4.78, 5) is 35.9. The van der Waals surface area contributed by atoms with Crippen LogP contribution in [0.15, 0.2) is 30.6 Å². The summed E-state index contributed by atoms with van der Waals surface area (Å²) in [6.07, 6.45) is 4.49. The summed E-state index contributed by atoms with van der Waals surface area (Å²) in [7, 11) is 1.82. The Morgan fingerprint density at radius 1 is 1.21 bits per heavy atom. The first kappa shape index (κ1) is 22.6. The fourth-order valence-corrected chi connectivity index (χ4v) is 4.04. The number of hydrogen-bond donors (Lipinski definition) is 3. The van der Waals surface area contributed by atoms with Gasteiger partial charge >= 0.3 is 6.03 Å². The average molecular weight is 454 g/mol. The number of benzene rings is 1. The molecule has 2 amide bonds. The first-order valence-corrected chi connectivity index (χ1v) is 10.7. The van der Waals surface area contributed by atoms with Crippen molar-refractivity contribution < 1.29 is 19.9 Å². The minimum Gasteiger partial charge on any atom is -0.388 e. The Morgan fingerprint density at radius 3 is 2.61 bits per heavy atom. The number of aliphatic hydroxyl groups is 1. The molecular weight excluding hydrogens is 428 g/mol. The van der Waals surface area contributed by atoms with Crippen LogP contribution in [0.3, 0.4) is 0 Å². The number of fused-ring (bicyclic) bond motifs is 1. The van der Waals surface area contributed by atoms with Crippen molar-refractivity contribution in [1.82, 2.24) is 35.3 Å². The number of aromatic nitrogens is 5. The number of hydroxylamine groups is 1. The van der Waals surface area contributed by atoms with E-state index in [0.717, 1.165) is 29.4 Å². The van der Waals surface area contributed by atoms with Crippen molar-refractivity contribution in [3.8, 4) is 0 Å². The third-order valence-corrected chi connectivity index (χ3v) is 5.91. The maximum Gasteiger partial charge on any atom is 0.341 e. The highest BCUT2D eigenvalue weighted by atomic mass is 16.5. The highest BCUT2D eigenvalue weighted by molar-refractivity contribution is 5.96. The molecule has 4 rings (SSSR count). The van der Waals surface area contributed by atoms with Crippen LogP contribution in [0, 0.1) is 5.92 Å². The summed E-state index contributed by atoms with van der Waals surface area (Å²) in [5.41, 5.74) is 4.58. The molecule has 2 aromatic heterocycles. The number of piperidine rings is 1. The standard InChI is InChI=1S/C21H26N8O4/c1-27-18-3-2-15(8-17(18)24-26-27)12-29(21(32)25-33)11-14-4-6-28(7-5-14)20-22-9-16(10-23-20)19(31)13-30/h2-3,8-10,14,30,33H,4-7,11-13H2,1H3,(H,25,32). The fourth-order valence-electron chi connectivity index (χ4n) is 4.04. The molecule has 12 heteroatoms. The zero-order chi connectivity index (χ0) is 23.4. The van der Waals surface area contributed by atoms with Crippen molar-refractivity contribution >= 4 is 28.8 Å². The van der Waals surface area contributed by atoms with Crippen LogP contribution in [0.4, 0.5) is 10.7 Å². The summed E-state index contributed by atoms with van der Waals surface area (Å²) < 4.78 is 1.69. The molecule has 3 heterocycles. The number of nitrogens with zero attached hydrogens (tertiary/aromatic N) is 7. The predicted octanol–water partition coefficient (Wildman–Crippen LogP) is 0.751. The Bertz CT molecular complexity index is 1130. The molecule has 0 aliphatic carbocycles. The molecule has 1 fully saturated rings. The summed E-state index contributed by atoms with van der Waals surface area (Å²) >= 11 is 0. The lowest BCUT2D eigenvalue weighted by Gasteiger charge is -2.34. The second kappa shape index (κ2) is 9.88. The zero-order valence-corrected chi connectivity index (χ0v) is 18.3. The van der Waals surface area contributed by atoms with Crippen LogP contribution < -0.4 is 10.4 Å². The van der Waals surface area contributed by atoms with Gasteiger partial charge in [0, 0.05) is 45.6 Å². The number of urea groups is 1. The molecule has 1 aliphatic rings. The van der Waals surface area contributed by atoms with Crippen LogP contribution in [0.5, 0.6) is 0 Å². The summed E-state index contributed by atoms with van der Waals surface area (Å²) in [5.74, 6) is 0.361. The summed E-state index contributed by atoms with van der Waals surface area (Å²) in [5, 5.41) is 26.3. The lowest BCUT2D eigenvalue weighted by molar-refractivity contribution is 0.0903. The van der Waals surface area contributed by atoms with E-state index < -0.39 is 18.4 Å². The minimum atomic E-state index is -0.571. The SMILES string of the molecule is Cn1nnc2cc(CN(CC3CCN(c4ncc(C(=O)CO)cn4)CC3)C(=O)NO)ccc21. The molecular formula is C21H26N8O4. The van der Waals surface area contributed by atoms with Crippen LogP contribution in [0.2, 0.25) is 0 Å². The largest absolute Gasteiger partial charge is 0.388 e. The number of Topliss-reactive ketones (excluding diaryl/α,β-unsaturated/α-hetero) is 1. The average Bonchev–Trinajstić information content (AvgIpc) is 3.23. The maximum absolute atomic E-state index is 12.3. The molecule has 3 N–H and O–H groups in total. The van der Waals surface area contributed by atoms with Crippen molar-refractivity contribution in [3.05, 3.63) is 41.7 Å². The van der Waals surface area contributed by atoms with Gasteiger partial charge in [-0.3, -0.25) is 10.0 Å². The topological polar surface area (TPSA) is 150 Å². The van der Waals surface area contributed by atoms with Gasteiger partial charge in [-0.05, 0) is 36.5 Å². The van der Waals surface area contributed by atoms with Gasteiger partial charge in [0.15, 0.2) is 5.78 Å². The van der Waals surface area contributed by atoms with Crippen LogP contribution in [0.25, 0.3) is 11.0 Å². The molecule has 0 unspecified atom stereocenters. The lowest BCUT2D eigenvalue weighted by atomic mass is 9.96. The van der Waals surface area contributed by atoms with Gasteiger partial charge in [-0.2, -0.15) is 0 Å². The highest BCUT2D eigenvalue weighted by Crippen LogP contribution is 2.23. The van der Waals surface area contributed by atoms with E-state index in [2.05, 4.69) is 20.3 Å². The van der Waals surface area contributed by atoms with Gasteiger partial charge in [0.05, 0.1) is 11.1 Å². The zero-order valence-electron chi connectivity index (χ0n) is 18.3. The second-order valence-corrected chi connectivity index (χ2v) is 8.12. The Kier molecular flexibility index (Phi) is 6.75. The van der Waals surface area contributed by atoms with Crippen LogP contribution in [-0.2, 0) is 13.6 Å². The molecule has 33 heavy (non-hydrogen) atoms. The molecule has 1 aromatic carbocycles. The van der Waals surface area contributed by atoms with E-state index in [-0.39, 0.29) is 11.5 Å². The Balaban J connectivity index is 1.37. The molecule has 0 radical (unpaired) electrons. The van der Waals surface area contributed by atoms with Gasteiger partial charge in [0.2, 0.25) is 5.95 Å². The number of aliphatic hydroxyl groups excluding tert-OH is 1. The van der Waals surface area contributed by atoms with Crippen molar-refractivity contribution in [2.75, 3.05) is 31.1 Å². The molecule has 0 spiro atoms. The van der Waals surface area contributed by atoms with Crippen molar-refractivity contribution in [2.45, 2.75) is 19.4 Å². The first-order chi connectivity index (χ1) is 16.0. The molecule has 1 saturated heterocycles. The van der Waals surface area contributed by atoms with Crippen molar-refractivity contribution in [1.29, 1.82) is 0 Å². The summed E-state index contributed by atoms with van der Waals surface area (Å²) in [6.45, 7) is 1.67. The van der Waals surface area contributed by atoms with Crippen molar-refractivity contribution in [2.24, 2.45) is 13.0 Å². The summed E-state index contributed by atoms with van der Waals surface area (Å²) in [6, 6.07) is 5.18. The fraction of sp³-hybridized carbons (Fsp3) is 0.429. The lowest BCUT2D eigenvalue weighted by Crippen LogP contribution is -2.44. The third kappa shape index (κ3) is 5.07.